The highest BCUT2D eigenvalue weighted by atomic mass is 32.1. The van der Waals surface area contributed by atoms with Crippen LogP contribution in [0, 0.1) is 0 Å². The molecule has 0 aliphatic heterocycles. The van der Waals surface area contributed by atoms with Crippen molar-refractivity contribution >= 4 is 17.3 Å². The van der Waals surface area contributed by atoms with E-state index in [9.17, 15) is 23.1 Å². The number of carboxylic acid groups (broad SMARTS) is 1. The number of hydrogen-bond donors (Lipinski definition) is 2. The van der Waals surface area contributed by atoms with Crippen LogP contribution in [0.25, 0.3) is 10.6 Å². The van der Waals surface area contributed by atoms with E-state index in [-0.39, 0.29) is 22.0 Å². The van der Waals surface area contributed by atoms with E-state index in [0.29, 0.717) is 11.3 Å². The largest absolute Gasteiger partial charge is 0.506 e. The molecule has 2 heterocycles. The third-order valence-corrected chi connectivity index (χ3v) is 3.35. The third kappa shape index (κ3) is 2.68. The molecule has 8 heteroatoms. The second-order valence-electron chi connectivity index (χ2n) is 3.53. The maximum absolute atomic E-state index is 12.5. The van der Waals surface area contributed by atoms with Crippen LogP contribution in [0.15, 0.2) is 24.3 Å². The molecule has 100 valence electrons. The molecule has 0 aromatic carbocycles. The number of halogens is 3. The van der Waals surface area contributed by atoms with Crippen LogP contribution in [0.3, 0.4) is 0 Å². The summed E-state index contributed by atoms with van der Waals surface area (Å²) >= 11 is 0.387. The Morgan fingerprint density at radius 3 is 2.42 bits per heavy atom. The monoisotopic (exact) mass is 289 g/mol. The fourth-order valence-corrected chi connectivity index (χ4v) is 2.24. The number of alkyl halides is 3. The molecule has 0 aliphatic rings. The molecular formula is C11H6F3NO3S. The SMILES string of the molecule is O=C(O)c1ccc(O)c(-c2ccc(C(F)(F)F)s2)n1. The maximum atomic E-state index is 12.5. The minimum Gasteiger partial charge on any atom is -0.506 e. The Morgan fingerprint density at radius 1 is 1.21 bits per heavy atom. The van der Waals surface area contributed by atoms with Crippen molar-refractivity contribution in [3.05, 3.63) is 34.8 Å². The van der Waals surface area contributed by atoms with Crippen LogP contribution in [0.4, 0.5) is 13.2 Å². The van der Waals surface area contributed by atoms with E-state index in [1.165, 1.54) is 0 Å². The topological polar surface area (TPSA) is 70.4 Å². The number of carboxylic acids is 1. The van der Waals surface area contributed by atoms with Crippen molar-refractivity contribution in [3.63, 3.8) is 0 Å². The molecule has 19 heavy (non-hydrogen) atoms. The van der Waals surface area contributed by atoms with Crippen molar-refractivity contribution in [1.29, 1.82) is 0 Å². The highest BCUT2D eigenvalue weighted by Crippen LogP contribution is 2.39. The molecule has 2 aromatic heterocycles. The van der Waals surface area contributed by atoms with Crippen LogP contribution in [0.2, 0.25) is 0 Å². The molecule has 0 unspecified atom stereocenters. The van der Waals surface area contributed by atoms with E-state index in [1.54, 1.807) is 0 Å². The molecule has 2 aromatic rings. The zero-order valence-corrected chi connectivity index (χ0v) is 9.92. The Labute approximate surface area is 108 Å². The minimum atomic E-state index is -4.48. The summed E-state index contributed by atoms with van der Waals surface area (Å²) in [5, 5.41) is 18.3. The molecule has 0 amide bonds. The standard InChI is InChI=1S/C11H6F3NO3S/c12-11(13,14)8-4-3-7(19-8)9-6(16)2-1-5(15-9)10(17)18/h1-4,16H,(H,17,18). The van der Waals surface area contributed by atoms with Crippen LogP contribution >= 0.6 is 11.3 Å². The molecular weight excluding hydrogens is 283 g/mol. The Hall–Kier alpha value is -2.09. The van der Waals surface area contributed by atoms with Crippen molar-refractivity contribution in [2.45, 2.75) is 6.18 Å². The molecule has 4 nitrogen and oxygen atoms in total. The van der Waals surface area contributed by atoms with Gasteiger partial charge in [0.1, 0.15) is 22.0 Å². The fraction of sp³-hybridized carbons (Fsp3) is 0.0909. The van der Waals surface area contributed by atoms with Crippen LogP contribution < -0.4 is 0 Å². The molecule has 0 saturated heterocycles. The van der Waals surface area contributed by atoms with Gasteiger partial charge < -0.3 is 10.2 Å². The number of carbonyl (C=O) groups is 1. The average molecular weight is 289 g/mol. The van der Waals surface area contributed by atoms with E-state index < -0.39 is 17.0 Å². The van der Waals surface area contributed by atoms with Crippen molar-refractivity contribution in [2.75, 3.05) is 0 Å². The summed E-state index contributed by atoms with van der Waals surface area (Å²) in [6.45, 7) is 0. The lowest BCUT2D eigenvalue weighted by Gasteiger charge is -2.03. The van der Waals surface area contributed by atoms with Gasteiger partial charge in [-0.1, -0.05) is 0 Å². The zero-order valence-electron chi connectivity index (χ0n) is 9.10. The maximum Gasteiger partial charge on any atom is 0.425 e. The van der Waals surface area contributed by atoms with E-state index in [1.807, 2.05) is 0 Å². The van der Waals surface area contributed by atoms with Gasteiger partial charge in [0.25, 0.3) is 0 Å². The summed E-state index contributed by atoms with van der Waals surface area (Å²) in [4.78, 5) is 13.6. The lowest BCUT2D eigenvalue weighted by atomic mass is 10.2. The molecule has 0 atom stereocenters. The first-order valence-electron chi connectivity index (χ1n) is 4.90. The molecule has 0 radical (unpaired) electrons. The Kier molecular flexibility index (Phi) is 3.19. The summed E-state index contributed by atoms with van der Waals surface area (Å²) in [6, 6.07) is 4.15. The van der Waals surface area contributed by atoms with Gasteiger partial charge in [-0.25, -0.2) is 9.78 Å². The number of aromatic hydroxyl groups is 1. The van der Waals surface area contributed by atoms with Gasteiger partial charge in [0.2, 0.25) is 0 Å². The van der Waals surface area contributed by atoms with Gasteiger partial charge >= 0.3 is 12.1 Å². The van der Waals surface area contributed by atoms with Gasteiger partial charge in [0.15, 0.2) is 0 Å². The van der Waals surface area contributed by atoms with E-state index in [0.717, 1.165) is 24.3 Å². The van der Waals surface area contributed by atoms with Crippen molar-refractivity contribution in [1.82, 2.24) is 4.98 Å². The normalized spacial score (nSPS) is 11.5. The number of pyridine rings is 1. The van der Waals surface area contributed by atoms with Gasteiger partial charge in [-0.15, -0.1) is 11.3 Å². The lowest BCUT2D eigenvalue weighted by molar-refractivity contribution is -0.134. The minimum absolute atomic E-state index is 0.0490. The molecule has 0 fully saturated rings. The number of rotatable bonds is 2. The third-order valence-electron chi connectivity index (χ3n) is 2.21. The second kappa shape index (κ2) is 4.54. The number of aromatic carboxylic acids is 1. The first kappa shape index (κ1) is 13.3. The first-order chi connectivity index (χ1) is 8.79. The molecule has 2 N–H and O–H groups in total. The fourth-order valence-electron chi connectivity index (χ4n) is 1.37. The van der Waals surface area contributed by atoms with E-state index in [2.05, 4.69) is 4.98 Å². The van der Waals surface area contributed by atoms with Gasteiger partial charge in [-0.05, 0) is 24.3 Å². The summed E-state index contributed by atoms with van der Waals surface area (Å²) < 4.78 is 37.4. The summed E-state index contributed by atoms with van der Waals surface area (Å²) in [5.74, 6) is -1.70. The molecule has 0 saturated carbocycles. The highest BCUT2D eigenvalue weighted by Gasteiger charge is 2.32. The van der Waals surface area contributed by atoms with Gasteiger partial charge in [0.05, 0.1) is 4.88 Å². The zero-order chi connectivity index (χ0) is 14.2. The number of nitrogens with zero attached hydrogens (tertiary/aromatic N) is 1. The Bertz CT molecular complexity index is 636. The molecule has 0 aliphatic carbocycles. The highest BCUT2D eigenvalue weighted by molar-refractivity contribution is 7.15. The van der Waals surface area contributed by atoms with Crippen LogP contribution in [0.5, 0.6) is 5.75 Å². The summed E-state index contributed by atoms with van der Waals surface area (Å²) in [5.41, 5.74) is -0.532. The van der Waals surface area contributed by atoms with Crippen LogP contribution in [0.1, 0.15) is 15.4 Å². The lowest BCUT2D eigenvalue weighted by Crippen LogP contribution is -2.01. The van der Waals surface area contributed by atoms with Crippen LogP contribution in [-0.4, -0.2) is 21.2 Å². The van der Waals surface area contributed by atoms with E-state index >= 15 is 0 Å². The van der Waals surface area contributed by atoms with Crippen molar-refractivity contribution in [3.8, 4) is 16.3 Å². The predicted octanol–water partition coefficient (Wildman–Crippen LogP) is 3.23. The number of aromatic nitrogens is 1. The number of thiophene rings is 1. The van der Waals surface area contributed by atoms with Crippen molar-refractivity contribution < 1.29 is 28.2 Å². The second-order valence-corrected chi connectivity index (χ2v) is 4.61. The quantitative estimate of drug-likeness (QED) is 0.890. The smallest absolute Gasteiger partial charge is 0.425 e. The Balaban J connectivity index is 2.49. The van der Waals surface area contributed by atoms with Crippen LogP contribution in [-0.2, 0) is 6.18 Å². The summed E-state index contributed by atoms with van der Waals surface area (Å²) in [7, 11) is 0. The molecule has 2 rings (SSSR count). The first-order valence-corrected chi connectivity index (χ1v) is 5.71. The van der Waals surface area contributed by atoms with Gasteiger partial charge in [-0.3, -0.25) is 0 Å². The van der Waals surface area contributed by atoms with Gasteiger partial charge in [-0.2, -0.15) is 13.2 Å². The van der Waals surface area contributed by atoms with E-state index in [4.69, 9.17) is 5.11 Å². The van der Waals surface area contributed by atoms with Crippen molar-refractivity contribution in [2.24, 2.45) is 0 Å². The Morgan fingerprint density at radius 2 is 1.89 bits per heavy atom. The predicted molar refractivity (Wildman–Crippen MR) is 61.2 cm³/mol. The average Bonchev–Trinajstić information content (AvgIpc) is 2.78. The summed E-state index contributed by atoms with van der Waals surface area (Å²) in [6.07, 6.45) is -4.48. The molecule has 0 spiro atoms. The van der Waals surface area contributed by atoms with Gasteiger partial charge in [0, 0.05) is 0 Å². The number of hydrogen-bond acceptors (Lipinski definition) is 4. The molecule has 0 bridgehead atoms.